The van der Waals surface area contributed by atoms with Crippen molar-refractivity contribution in [2.45, 2.75) is 83.2 Å². The van der Waals surface area contributed by atoms with Crippen LogP contribution in [0, 0.1) is 17.8 Å². The molecular formula is C33H43N3O6. The second-order valence-corrected chi connectivity index (χ2v) is 13.2. The molecule has 2 aromatic rings. The number of ether oxygens (including phenoxy) is 2. The lowest BCUT2D eigenvalue weighted by molar-refractivity contribution is -0.150. The first-order valence-corrected chi connectivity index (χ1v) is 14.9. The van der Waals surface area contributed by atoms with Gasteiger partial charge in [-0.25, -0.2) is 0 Å². The van der Waals surface area contributed by atoms with E-state index in [1.54, 1.807) is 24.3 Å². The van der Waals surface area contributed by atoms with E-state index in [2.05, 4.69) is 10.6 Å². The monoisotopic (exact) mass is 577 g/mol. The molecule has 3 heterocycles. The summed E-state index contributed by atoms with van der Waals surface area (Å²) in [4.78, 5) is 44.2. The van der Waals surface area contributed by atoms with E-state index in [-0.39, 0.29) is 30.2 Å². The van der Waals surface area contributed by atoms with Crippen molar-refractivity contribution in [3.8, 4) is 5.75 Å². The molecule has 3 amide bonds. The van der Waals surface area contributed by atoms with Crippen LogP contribution >= 0.6 is 0 Å². The summed E-state index contributed by atoms with van der Waals surface area (Å²) in [5.41, 5.74) is -1.20. The Labute approximate surface area is 248 Å². The summed E-state index contributed by atoms with van der Waals surface area (Å²) in [6.45, 7) is 11.7. The number of amides is 3. The van der Waals surface area contributed by atoms with E-state index in [0.717, 1.165) is 5.56 Å². The number of carbonyl (C=O) groups excluding carboxylic acids is 3. The van der Waals surface area contributed by atoms with E-state index < -0.39 is 40.7 Å². The number of nitrogens with one attached hydrogen (secondary N) is 2. The molecule has 3 unspecified atom stereocenters. The molecule has 2 bridgehead atoms. The normalized spacial score (nSPS) is 30.6. The van der Waals surface area contributed by atoms with Gasteiger partial charge in [0.15, 0.2) is 0 Å². The fraction of sp³-hybridized carbons (Fsp3) is 0.545. The number of likely N-dealkylation sites (tertiary alicyclic amines) is 1. The summed E-state index contributed by atoms with van der Waals surface area (Å²) in [7, 11) is 0. The largest absolute Gasteiger partial charge is 0.494 e. The third-order valence-corrected chi connectivity index (χ3v) is 9.13. The van der Waals surface area contributed by atoms with Crippen molar-refractivity contribution in [3.63, 3.8) is 0 Å². The van der Waals surface area contributed by atoms with Gasteiger partial charge in [-0.05, 0) is 83.2 Å². The van der Waals surface area contributed by atoms with E-state index in [1.165, 1.54) is 4.90 Å². The molecule has 3 N–H and O–H groups in total. The smallest absolute Gasteiger partial charge is 0.246 e. The molecule has 9 nitrogen and oxygen atoms in total. The standard InChI is InChI=1S/C33H43N3O6/c1-7-41-24-15-13-22(14-16-24)34-28(38)25-26-30(40)36(23(19-37)17-21-11-9-8-10-12-21)27(29(39)35-31(3,4)5)33(26)18-20(2)32(25,6)42-33/h8-16,20,23,25-27,37H,7,17-19H2,1-6H3,(H,34,38)(H,35,39)/t20?,23-,25+,26+,27?,32-,33?/m1/s1. The van der Waals surface area contributed by atoms with E-state index >= 15 is 0 Å². The van der Waals surface area contributed by atoms with Gasteiger partial charge in [-0.1, -0.05) is 37.3 Å². The lowest BCUT2D eigenvalue weighted by Gasteiger charge is -2.38. The molecule has 0 saturated carbocycles. The van der Waals surface area contributed by atoms with Crippen LogP contribution in [0.4, 0.5) is 5.69 Å². The summed E-state index contributed by atoms with van der Waals surface area (Å²) in [6, 6.07) is 15.0. The van der Waals surface area contributed by atoms with Gasteiger partial charge in [-0.2, -0.15) is 0 Å². The fourth-order valence-electron chi connectivity index (χ4n) is 7.37. The Morgan fingerprint density at radius 1 is 1.12 bits per heavy atom. The molecule has 0 aliphatic carbocycles. The molecule has 1 spiro atoms. The summed E-state index contributed by atoms with van der Waals surface area (Å²) < 4.78 is 12.3. The Morgan fingerprint density at radius 3 is 2.38 bits per heavy atom. The molecule has 7 atom stereocenters. The topological polar surface area (TPSA) is 117 Å². The Bertz CT molecular complexity index is 1330. The summed E-state index contributed by atoms with van der Waals surface area (Å²) in [5.74, 6) is -2.09. The SMILES string of the molecule is CCOc1ccc(NC(=O)[C@@H]2[C@H]3C(=O)N([C@@H](CO)Cc4ccccc4)C(C(=O)NC(C)(C)C)C34CC(C)[C@@]2(C)O4)cc1. The van der Waals surface area contributed by atoms with Gasteiger partial charge < -0.3 is 30.1 Å². The molecule has 2 aromatic carbocycles. The van der Waals surface area contributed by atoms with Crippen LogP contribution in [0.15, 0.2) is 54.6 Å². The van der Waals surface area contributed by atoms with Gasteiger partial charge in [-0.3, -0.25) is 14.4 Å². The highest BCUT2D eigenvalue weighted by molar-refractivity contribution is 6.02. The summed E-state index contributed by atoms with van der Waals surface area (Å²) in [6.07, 6.45) is 0.815. The van der Waals surface area contributed by atoms with Crippen molar-refractivity contribution < 1.29 is 29.0 Å². The highest BCUT2D eigenvalue weighted by Crippen LogP contribution is 2.65. The van der Waals surface area contributed by atoms with Crippen LogP contribution in [-0.2, 0) is 25.5 Å². The van der Waals surface area contributed by atoms with Gasteiger partial charge in [0.2, 0.25) is 17.7 Å². The van der Waals surface area contributed by atoms with E-state index in [1.807, 2.05) is 71.9 Å². The quantitative estimate of drug-likeness (QED) is 0.420. The zero-order chi connectivity index (χ0) is 30.4. The number of benzene rings is 2. The lowest BCUT2D eigenvalue weighted by atomic mass is 9.62. The van der Waals surface area contributed by atoms with Crippen molar-refractivity contribution in [3.05, 3.63) is 60.2 Å². The van der Waals surface area contributed by atoms with Crippen molar-refractivity contribution in [1.29, 1.82) is 0 Å². The molecule has 0 aromatic heterocycles. The number of nitrogens with zero attached hydrogens (tertiary/aromatic N) is 1. The van der Waals surface area contributed by atoms with Crippen LogP contribution < -0.4 is 15.4 Å². The lowest BCUT2D eigenvalue weighted by Crippen LogP contribution is -2.60. The first-order chi connectivity index (χ1) is 19.8. The number of anilines is 1. The summed E-state index contributed by atoms with van der Waals surface area (Å²) >= 11 is 0. The Balaban J connectivity index is 1.54. The molecule has 3 fully saturated rings. The van der Waals surface area contributed by atoms with Crippen LogP contribution in [0.5, 0.6) is 5.75 Å². The molecule has 3 aliphatic heterocycles. The van der Waals surface area contributed by atoms with E-state index in [9.17, 15) is 19.5 Å². The minimum atomic E-state index is -1.20. The van der Waals surface area contributed by atoms with E-state index in [0.29, 0.717) is 30.9 Å². The molecule has 9 heteroatoms. The van der Waals surface area contributed by atoms with Crippen molar-refractivity contribution in [2.75, 3.05) is 18.5 Å². The zero-order valence-electron chi connectivity index (χ0n) is 25.3. The van der Waals surface area contributed by atoms with Gasteiger partial charge in [0.05, 0.1) is 36.7 Å². The Morgan fingerprint density at radius 2 is 1.79 bits per heavy atom. The predicted octanol–water partition coefficient (Wildman–Crippen LogP) is 3.55. The second-order valence-electron chi connectivity index (χ2n) is 13.2. The number of hydrogen-bond acceptors (Lipinski definition) is 6. The molecule has 3 saturated heterocycles. The number of aliphatic hydroxyl groups is 1. The minimum absolute atomic E-state index is 0.0933. The minimum Gasteiger partial charge on any atom is -0.494 e. The average Bonchev–Trinajstić information content (AvgIpc) is 3.44. The Kier molecular flexibility index (Phi) is 7.87. The fourth-order valence-corrected chi connectivity index (χ4v) is 7.37. The first kappa shape index (κ1) is 30.0. The van der Waals surface area contributed by atoms with Gasteiger partial charge in [-0.15, -0.1) is 0 Å². The highest BCUT2D eigenvalue weighted by Gasteiger charge is 2.80. The highest BCUT2D eigenvalue weighted by atomic mass is 16.5. The molecule has 42 heavy (non-hydrogen) atoms. The molecule has 0 radical (unpaired) electrons. The number of rotatable bonds is 9. The van der Waals surface area contributed by atoms with Gasteiger partial charge in [0.25, 0.3) is 0 Å². The number of aliphatic hydroxyl groups excluding tert-OH is 1. The third kappa shape index (κ3) is 5.07. The van der Waals surface area contributed by atoms with Crippen molar-refractivity contribution in [1.82, 2.24) is 10.2 Å². The predicted molar refractivity (Wildman–Crippen MR) is 159 cm³/mol. The summed E-state index contributed by atoms with van der Waals surface area (Å²) in [5, 5.41) is 16.7. The molecule has 5 rings (SSSR count). The maximum atomic E-state index is 14.5. The van der Waals surface area contributed by atoms with Gasteiger partial charge >= 0.3 is 0 Å². The van der Waals surface area contributed by atoms with Crippen molar-refractivity contribution >= 4 is 23.4 Å². The third-order valence-electron chi connectivity index (χ3n) is 9.13. The van der Waals surface area contributed by atoms with Crippen LogP contribution in [-0.4, -0.2) is 69.8 Å². The molecule has 226 valence electrons. The number of hydrogen-bond donors (Lipinski definition) is 3. The zero-order valence-corrected chi connectivity index (χ0v) is 25.3. The Hall–Kier alpha value is -3.43. The van der Waals surface area contributed by atoms with Gasteiger partial charge in [0, 0.05) is 11.2 Å². The van der Waals surface area contributed by atoms with Crippen LogP contribution in [0.3, 0.4) is 0 Å². The number of carbonyl (C=O) groups is 3. The van der Waals surface area contributed by atoms with Crippen LogP contribution in [0.25, 0.3) is 0 Å². The van der Waals surface area contributed by atoms with Gasteiger partial charge in [0.1, 0.15) is 17.4 Å². The molecular weight excluding hydrogens is 534 g/mol. The maximum absolute atomic E-state index is 14.5. The molecule has 3 aliphatic rings. The van der Waals surface area contributed by atoms with Crippen molar-refractivity contribution in [2.24, 2.45) is 17.8 Å². The van der Waals surface area contributed by atoms with Crippen LogP contribution in [0.1, 0.15) is 53.5 Å². The number of fused-ring (bicyclic) bond motifs is 1. The second kappa shape index (κ2) is 11.0. The maximum Gasteiger partial charge on any atom is 0.246 e. The van der Waals surface area contributed by atoms with Crippen LogP contribution in [0.2, 0.25) is 0 Å². The first-order valence-electron chi connectivity index (χ1n) is 14.9. The van der Waals surface area contributed by atoms with E-state index in [4.69, 9.17) is 9.47 Å². The average molecular weight is 578 g/mol.